The van der Waals surface area contributed by atoms with Gasteiger partial charge in [0.1, 0.15) is 5.60 Å². The third-order valence-corrected chi connectivity index (χ3v) is 4.18. The standard InChI is InChI=1S/C15H20BrNO2/c1-9-10-6-8-13(11(10)5-7-12(9)16)17-14(18)19-15(2,3)4/h5,7,13H,6,8H2,1-4H3,(H,17,18)/t13-/m0/s1. The molecule has 0 bridgehead atoms. The number of fused-ring (bicyclic) bond motifs is 1. The van der Waals surface area contributed by atoms with E-state index in [4.69, 9.17) is 4.74 Å². The molecule has 0 aromatic heterocycles. The first-order chi connectivity index (χ1) is 8.78. The molecule has 0 saturated carbocycles. The summed E-state index contributed by atoms with van der Waals surface area (Å²) in [7, 11) is 0. The molecule has 1 atom stereocenters. The Morgan fingerprint density at radius 2 is 2.11 bits per heavy atom. The SMILES string of the molecule is Cc1c(Br)ccc2c1CC[C@@H]2NC(=O)OC(C)(C)C. The van der Waals surface area contributed by atoms with Crippen LogP contribution < -0.4 is 5.32 Å². The van der Waals surface area contributed by atoms with Gasteiger partial charge in [-0.25, -0.2) is 4.79 Å². The number of alkyl carbamates (subject to hydrolysis) is 1. The third-order valence-electron chi connectivity index (χ3n) is 3.32. The maximum Gasteiger partial charge on any atom is 0.408 e. The van der Waals surface area contributed by atoms with E-state index in [2.05, 4.69) is 34.2 Å². The summed E-state index contributed by atoms with van der Waals surface area (Å²) in [6, 6.07) is 4.20. The van der Waals surface area contributed by atoms with Crippen molar-refractivity contribution in [2.24, 2.45) is 0 Å². The van der Waals surface area contributed by atoms with E-state index < -0.39 is 5.60 Å². The number of hydrogen-bond donors (Lipinski definition) is 1. The highest BCUT2D eigenvalue weighted by molar-refractivity contribution is 9.10. The lowest BCUT2D eigenvalue weighted by atomic mass is 10.0. The molecule has 1 aliphatic carbocycles. The van der Waals surface area contributed by atoms with Gasteiger partial charge in [0.15, 0.2) is 0 Å². The van der Waals surface area contributed by atoms with Crippen molar-refractivity contribution in [2.75, 3.05) is 0 Å². The van der Waals surface area contributed by atoms with Crippen LogP contribution in [0.3, 0.4) is 0 Å². The number of amides is 1. The van der Waals surface area contributed by atoms with Crippen molar-refractivity contribution in [1.29, 1.82) is 0 Å². The molecule has 19 heavy (non-hydrogen) atoms. The Bertz CT molecular complexity index is 506. The van der Waals surface area contributed by atoms with Crippen molar-refractivity contribution in [3.63, 3.8) is 0 Å². The van der Waals surface area contributed by atoms with Crippen molar-refractivity contribution < 1.29 is 9.53 Å². The smallest absolute Gasteiger partial charge is 0.408 e. The highest BCUT2D eigenvalue weighted by Crippen LogP contribution is 2.36. The topological polar surface area (TPSA) is 38.3 Å². The summed E-state index contributed by atoms with van der Waals surface area (Å²) < 4.78 is 6.44. The maximum absolute atomic E-state index is 11.8. The molecular weight excluding hydrogens is 306 g/mol. The van der Waals surface area contributed by atoms with Crippen LogP contribution in [0.5, 0.6) is 0 Å². The maximum atomic E-state index is 11.8. The van der Waals surface area contributed by atoms with Crippen LogP contribution in [0.4, 0.5) is 4.79 Å². The van der Waals surface area contributed by atoms with Gasteiger partial charge in [-0.3, -0.25) is 0 Å². The van der Waals surface area contributed by atoms with Crippen LogP contribution in [0, 0.1) is 6.92 Å². The largest absolute Gasteiger partial charge is 0.444 e. The van der Waals surface area contributed by atoms with Gasteiger partial charge in [0, 0.05) is 4.47 Å². The van der Waals surface area contributed by atoms with Gasteiger partial charge in [0.2, 0.25) is 0 Å². The minimum absolute atomic E-state index is 0.0663. The third kappa shape index (κ3) is 3.30. The summed E-state index contributed by atoms with van der Waals surface area (Å²) >= 11 is 3.55. The second kappa shape index (κ2) is 5.16. The Labute approximate surface area is 122 Å². The zero-order valence-electron chi connectivity index (χ0n) is 11.8. The summed E-state index contributed by atoms with van der Waals surface area (Å²) in [6.07, 6.45) is 1.60. The molecule has 0 radical (unpaired) electrons. The van der Waals surface area contributed by atoms with E-state index in [1.54, 1.807) is 0 Å². The molecule has 0 fully saturated rings. The Kier molecular flexibility index (Phi) is 3.90. The molecule has 1 aromatic carbocycles. The average molecular weight is 326 g/mol. The first-order valence-corrected chi connectivity index (χ1v) is 7.34. The second-order valence-electron chi connectivity index (χ2n) is 5.98. The Morgan fingerprint density at radius 1 is 1.42 bits per heavy atom. The first kappa shape index (κ1) is 14.4. The number of carbonyl (C=O) groups excluding carboxylic acids is 1. The molecule has 1 amide bonds. The predicted molar refractivity (Wildman–Crippen MR) is 79.3 cm³/mol. The van der Waals surface area contributed by atoms with E-state index in [0.717, 1.165) is 17.3 Å². The van der Waals surface area contributed by atoms with E-state index in [-0.39, 0.29) is 12.1 Å². The minimum Gasteiger partial charge on any atom is -0.444 e. The number of nitrogens with one attached hydrogen (secondary N) is 1. The molecule has 4 heteroatoms. The fourth-order valence-electron chi connectivity index (χ4n) is 2.45. The second-order valence-corrected chi connectivity index (χ2v) is 6.83. The van der Waals surface area contributed by atoms with E-state index in [9.17, 15) is 4.79 Å². The Morgan fingerprint density at radius 3 is 2.74 bits per heavy atom. The number of benzene rings is 1. The molecule has 1 N–H and O–H groups in total. The number of halogens is 1. The van der Waals surface area contributed by atoms with Gasteiger partial charge in [-0.2, -0.15) is 0 Å². The van der Waals surface area contributed by atoms with Crippen molar-refractivity contribution in [2.45, 2.75) is 52.2 Å². The number of rotatable bonds is 1. The molecule has 3 nitrogen and oxygen atoms in total. The summed E-state index contributed by atoms with van der Waals surface area (Å²) in [5, 5.41) is 2.96. The Hall–Kier alpha value is -1.03. The fourth-order valence-corrected chi connectivity index (χ4v) is 2.82. The number of ether oxygens (including phenoxy) is 1. The lowest BCUT2D eigenvalue weighted by Gasteiger charge is -2.22. The molecule has 0 saturated heterocycles. The van der Waals surface area contributed by atoms with E-state index >= 15 is 0 Å². The van der Waals surface area contributed by atoms with Gasteiger partial charge in [-0.1, -0.05) is 22.0 Å². The van der Waals surface area contributed by atoms with Crippen LogP contribution in [-0.2, 0) is 11.2 Å². The summed E-state index contributed by atoms with van der Waals surface area (Å²) in [4.78, 5) is 11.8. The monoisotopic (exact) mass is 325 g/mol. The zero-order chi connectivity index (χ0) is 14.2. The van der Waals surface area contributed by atoms with E-state index in [0.29, 0.717) is 0 Å². The van der Waals surface area contributed by atoms with Crippen LogP contribution in [0.15, 0.2) is 16.6 Å². The quantitative estimate of drug-likeness (QED) is 0.837. The summed E-state index contributed by atoms with van der Waals surface area (Å²) in [6.45, 7) is 7.72. The van der Waals surface area contributed by atoms with E-state index in [1.807, 2.05) is 26.8 Å². The minimum atomic E-state index is -0.457. The molecule has 0 heterocycles. The highest BCUT2D eigenvalue weighted by atomic mass is 79.9. The molecule has 0 aliphatic heterocycles. The predicted octanol–water partition coefficient (Wildman–Crippen LogP) is 4.27. The van der Waals surface area contributed by atoms with Crippen LogP contribution in [0.2, 0.25) is 0 Å². The highest BCUT2D eigenvalue weighted by Gasteiger charge is 2.27. The lowest BCUT2D eigenvalue weighted by Crippen LogP contribution is -2.34. The number of hydrogen-bond acceptors (Lipinski definition) is 2. The van der Waals surface area contributed by atoms with Crippen LogP contribution in [0.25, 0.3) is 0 Å². The van der Waals surface area contributed by atoms with Gasteiger partial charge in [0.25, 0.3) is 0 Å². The van der Waals surface area contributed by atoms with Crippen molar-refractivity contribution in [3.05, 3.63) is 33.3 Å². The van der Waals surface area contributed by atoms with Gasteiger partial charge >= 0.3 is 6.09 Å². The molecule has 0 spiro atoms. The summed E-state index contributed by atoms with van der Waals surface area (Å²) in [5.41, 5.74) is 3.37. The Balaban J connectivity index is 2.11. The van der Waals surface area contributed by atoms with Crippen LogP contribution in [0.1, 0.15) is 49.9 Å². The van der Waals surface area contributed by atoms with Crippen molar-refractivity contribution >= 4 is 22.0 Å². The molecular formula is C15H20BrNO2. The van der Waals surface area contributed by atoms with Crippen LogP contribution >= 0.6 is 15.9 Å². The molecule has 1 aliphatic rings. The fraction of sp³-hybridized carbons (Fsp3) is 0.533. The molecule has 0 unspecified atom stereocenters. The van der Waals surface area contributed by atoms with Crippen molar-refractivity contribution in [3.8, 4) is 0 Å². The molecule has 104 valence electrons. The molecule has 2 rings (SSSR count). The van der Waals surface area contributed by atoms with Crippen LogP contribution in [-0.4, -0.2) is 11.7 Å². The zero-order valence-corrected chi connectivity index (χ0v) is 13.4. The first-order valence-electron chi connectivity index (χ1n) is 6.55. The number of carbonyl (C=O) groups is 1. The molecule has 1 aromatic rings. The van der Waals surface area contributed by atoms with Crippen molar-refractivity contribution in [1.82, 2.24) is 5.32 Å². The average Bonchev–Trinajstić information content (AvgIpc) is 2.65. The van der Waals surface area contributed by atoms with Gasteiger partial charge in [-0.15, -0.1) is 0 Å². The normalized spacial score (nSPS) is 18.1. The lowest BCUT2D eigenvalue weighted by molar-refractivity contribution is 0.0503. The van der Waals surface area contributed by atoms with Gasteiger partial charge in [0.05, 0.1) is 6.04 Å². The van der Waals surface area contributed by atoms with Gasteiger partial charge < -0.3 is 10.1 Å². The van der Waals surface area contributed by atoms with Gasteiger partial charge in [-0.05, 0) is 63.3 Å². The van der Waals surface area contributed by atoms with E-state index in [1.165, 1.54) is 16.7 Å². The summed E-state index contributed by atoms with van der Waals surface area (Å²) in [5.74, 6) is 0.